The number of allylic oxidation sites excluding steroid dienone is 1. The number of aromatic amines is 2. The highest BCUT2D eigenvalue weighted by Crippen LogP contribution is 2.38. The molecule has 6 aromatic rings. The number of fused-ring (bicyclic) bond motifs is 2. The van der Waals surface area contributed by atoms with Crippen molar-refractivity contribution in [1.29, 1.82) is 0 Å². The first-order chi connectivity index (χ1) is 18.0. The summed E-state index contributed by atoms with van der Waals surface area (Å²) in [6.07, 6.45) is 5.31. The molecule has 37 heavy (non-hydrogen) atoms. The number of nitrogens with one attached hydrogen (secondary N) is 2. The van der Waals surface area contributed by atoms with E-state index in [4.69, 9.17) is 10.7 Å². The zero-order valence-corrected chi connectivity index (χ0v) is 21.0. The monoisotopic (exact) mass is 504 g/mol. The van der Waals surface area contributed by atoms with Gasteiger partial charge in [-0.05, 0) is 42.8 Å². The fourth-order valence-corrected chi connectivity index (χ4v) is 5.77. The van der Waals surface area contributed by atoms with Crippen LogP contribution in [-0.2, 0) is 0 Å². The minimum Gasteiger partial charge on any atom is -0.353 e. The summed E-state index contributed by atoms with van der Waals surface area (Å²) >= 11 is 1.76. The van der Waals surface area contributed by atoms with E-state index in [9.17, 15) is 0 Å². The van der Waals surface area contributed by atoms with Gasteiger partial charge in [-0.25, -0.2) is 4.98 Å². The van der Waals surface area contributed by atoms with Crippen molar-refractivity contribution in [3.8, 4) is 33.2 Å². The largest absolute Gasteiger partial charge is 0.353 e. The van der Waals surface area contributed by atoms with E-state index in [2.05, 4.69) is 73.0 Å². The Balaban J connectivity index is 1.29. The predicted octanol–water partition coefficient (Wildman–Crippen LogP) is 5.47. The highest BCUT2D eigenvalue weighted by Gasteiger charge is 2.25. The number of benzene rings is 1. The number of hydrogen-bond acceptors (Lipinski definition) is 7. The van der Waals surface area contributed by atoms with Crippen LogP contribution in [-0.4, -0.2) is 49.3 Å². The van der Waals surface area contributed by atoms with Crippen LogP contribution in [0.15, 0.2) is 67.6 Å². The maximum atomic E-state index is 5.94. The quantitative estimate of drug-likeness (QED) is 0.287. The topological polar surface area (TPSA) is 112 Å². The van der Waals surface area contributed by atoms with Crippen molar-refractivity contribution in [2.24, 2.45) is 5.73 Å². The molecule has 0 amide bonds. The highest BCUT2D eigenvalue weighted by atomic mass is 32.1. The van der Waals surface area contributed by atoms with Crippen LogP contribution in [0.4, 0.5) is 5.82 Å². The van der Waals surface area contributed by atoms with Crippen molar-refractivity contribution in [3.05, 3.63) is 72.5 Å². The number of nitrogens with zero attached hydrogens (tertiary/aromatic N) is 5. The highest BCUT2D eigenvalue weighted by molar-refractivity contribution is 7.16. The fourth-order valence-electron chi connectivity index (χ4n) is 4.80. The summed E-state index contributed by atoms with van der Waals surface area (Å²) in [5.41, 5.74) is 13.4. The maximum Gasteiger partial charge on any atom is 0.147 e. The van der Waals surface area contributed by atoms with Gasteiger partial charge in [-0.15, -0.1) is 11.3 Å². The normalized spacial score (nSPS) is 13.9. The molecule has 4 N–H and O–H groups in total. The number of anilines is 1. The molecule has 0 bridgehead atoms. The molecular weight excluding hydrogens is 480 g/mol. The van der Waals surface area contributed by atoms with Gasteiger partial charge in [0.25, 0.3) is 0 Å². The van der Waals surface area contributed by atoms with Gasteiger partial charge in [0, 0.05) is 50.7 Å². The van der Waals surface area contributed by atoms with E-state index in [0.29, 0.717) is 0 Å². The molecule has 1 aliphatic heterocycles. The van der Waals surface area contributed by atoms with E-state index in [0.717, 1.165) is 69.1 Å². The Morgan fingerprint density at radius 1 is 1.05 bits per heavy atom. The average molecular weight is 505 g/mol. The van der Waals surface area contributed by atoms with Crippen LogP contribution < -0.4 is 10.6 Å². The number of pyridine rings is 1. The molecule has 0 spiro atoms. The summed E-state index contributed by atoms with van der Waals surface area (Å²) < 4.78 is 0. The first-order valence-corrected chi connectivity index (χ1v) is 12.9. The smallest absolute Gasteiger partial charge is 0.147 e. The zero-order valence-electron chi connectivity index (χ0n) is 20.2. The summed E-state index contributed by atoms with van der Waals surface area (Å²) in [4.78, 5) is 21.9. The number of thiophene rings is 1. The predicted molar refractivity (Wildman–Crippen MR) is 150 cm³/mol. The Morgan fingerprint density at radius 3 is 2.76 bits per heavy atom. The van der Waals surface area contributed by atoms with Crippen LogP contribution in [0.2, 0.25) is 0 Å². The molecule has 9 heteroatoms. The van der Waals surface area contributed by atoms with Crippen LogP contribution in [0.5, 0.6) is 0 Å². The minimum atomic E-state index is 0.193. The van der Waals surface area contributed by atoms with Crippen molar-refractivity contribution in [1.82, 2.24) is 30.1 Å². The van der Waals surface area contributed by atoms with Gasteiger partial charge in [-0.2, -0.15) is 5.10 Å². The molecule has 1 aliphatic rings. The Bertz CT molecular complexity index is 1800. The molecule has 1 fully saturated rings. The fraction of sp³-hybridized carbons (Fsp3) is 0.143. The van der Waals surface area contributed by atoms with Gasteiger partial charge in [0.05, 0.1) is 35.5 Å². The maximum absolute atomic E-state index is 5.94. The van der Waals surface area contributed by atoms with Crippen molar-refractivity contribution < 1.29 is 0 Å². The molecule has 0 unspecified atom stereocenters. The molecule has 1 aromatic carbocycles. The van der Waals surface area contributed by atoms with Gasteiger partial charge in [0.15, 0.2) is 0 Å². The molecule has 5 aromatic heterocycles. The Hall–Kier alpha value is -4.34. The lowest BCUT2D eigenvalue weighted by Gasteiger charge is -2.37. The van der Waals surface area contributed by atoms with Crippen LogP contribution in [0.25, 0.3) is 60.6 Å². The summed E-state index contributed by atoms with van der Waals surface area (Å²) in [5.74, 6) is 0.819. The molecule has 1 saturated heterocycles. The first kappa shape index (κ1) is 21.9. The second-order valence-electron chi connectivity index (χ2n) is 9.51. The molecule has 8 nitrogen and oxygen atoms in total. The van der Waals surface area contributed by atoms with Crippen LogP contribution >= 0.6 is 11.3 Å². The molecule has 0 aliphatic carbocycles. The first-order valence-electron chi connectivity index (χ1n) is 12.1. The summed E-state index contributed by atoms with van der Waals surface area (Å²) in [5, 5.41) is 9.89. The molecule has 6 heterocycles. The molecule has 0 radical (unpaired) electrons. The van der Waals surface area contributed by atoms with Crippen LogP contribution in [0.1, 0.15) is 11.8 Å². The summed E-state index contributed by atoms with van der Waals surface area (Å²) in [6, 6.07) is 15.0. The number of aromatic nitrogens is 6. The lowest BCUT2D eigenvalue weighted by atomic mass is 10.1. The Labute approximate surface area is 216 Å². The van der Waals surface area contributed by atoms with Gasteiger partial charge in [0.1, 0.15) is 17.2 Å². The summed E-state index contributed by atoms with van der Waals surface area (Å²) in [6.45, 7) is 7.71. The standard InChI is InChI=1S/C28H24N8S/c1-15(2)25-6-7-26(37-25)17-4-3-5-20-18(17)8-22(32-20)28-19-9-21(31-11-23(19)34-35-28)24-10-30-12-27(33-24)36-13-16(29)14-36/h3-12,16,32H,1,13-14,29H2,2H3,(H,34,35). The zero-order chi connectivity index (χ0) is 25.1. The average Bonchev–Trinajstić information content (AvgIpc) is 3.64. The SMILES string of the molecule is C=C(C)c1ccc(-c2cccc3[nH]c(-c4n[nH]c5cnc(-c6cncc(N7CC(N)C7)n6)cc45)cc23)s1. The Morgan fingerprint density at radius 2 is 1.95 bits per heavy atom. The number of rotatable bonds is 5. The van der Waals surface area contributed by atoms with Gasteiger partial charge >= 0.3 is 0 Å². The van der Waals surface area contributed by atoms with E-state index < -0.39 is 0 Å². The Kier molecular flexibility index (Phi) is 4.95. The molecule has 0 atom stereocenters. The third-order valence-electron chi connectivity index (χ3n) is 6.78. The van der Waals surface area contributed by atoms with Crippen LogP contribution in [0.3, 0.4) is 0 Å². The lowest BCUT2D eigenvalue weighted by molar-refractivity contribution is 0.514. The van der Waals surface area contributed by atoms with Crippen molar-refractivity contribution in [2.75, 3.05) is 18.0 Å². The number of H-pyrrole nitrogens is 2. The third-order valence-corrected chi connectivity index (χ3v) is 8.06. The minimum absolute atomic E-state index is 0.193. The van der Waals surface area contributed by atoms with E-state index in [1.165, 1.54) is 15.3 Å². The lowest BCUT2D eigenvalue weighted by Crippen LogP contribution is -2.56. The summed E-state index contributed by atoms with van der Waals surface area (Å²) in [7, 11) is 0. The molecule has 0 saturated carbocycles. The third kappa shape index (κ3) is 3.71. The van der Waals surface area contributed by atoms with Crippen LogP contribution in [0, 0.1) is 0 Å². The van der Waals surface area contributed by atoms with E-state index >= 15 is 0 Å². The molecule has 182 valence electrons. The van der Waals surface area contributed by atoms with Gasteiger partial charge < -0.3 is 15.6 Å². The van der Waals surface area contributed by atoms with Crippen molar-refractivity contribution in [2.45, 2.75) is 13.0 Å². The number of hydrogen-bond donors (Lipinski definition) is 3. The number of nitrogens with two attached hydrogens (primary N) is 1. The van der Waals surface area contributed by atoms with Crippen molar-refractivity contribution >= 4 is 44.5 Å². The van der Waals surface area contributed by atoms with E-state index in [1.54, 1.807) is 29.9 Å². The second kappa shape index (κ2) is 8.36. The van der Waals surface area contributed by atoms with Gasteiger partial charge in [-0.3, -0.25) is 15.1 Å². The van der Waals surface area contributed by atoms with E-state index in [1.807, 2.05) is 13.0 Å². The van der Waals surface area contributed by atoms with E-state index in [-0.39, 0.29) is 6.04 Å². The second-order valence-corrected chi connectivity index (χ2v) is 10.6. The van der Waals surface area contributed by atoms with Gasteiger partial charge in [-0.1, -0.05) is 18.7 Å². The van der Waals surface area contributed by atoms with Crippen molar-refractivity contribution in [3.63, 3.8) is 0 Å². The van der Waals surface area contributed by atoms with Gasteiger partial charge in [0.2, 0.25) is 0 Å². The molecular formula is C28H24N8S. The molecule has 7 rings (SSSR count).